The van der Waals surface area contributed by atoms with E-state index in [1.54, 1.807) is 0 Å². The summed E-state index contributed by atoms with van der Waals surface area (Å²) in [5.41, 5.74) is 3.45. The van der Waals surface area contributed by atoms with Crippen molar-refractivity contribution in [2.75, 3.05) is 11.9 Å². The molecule has 32 heavy (non-hydrogen) atoms. The molecule has 8 heteroatoms. The molecule has 2 aromatic carbocycles. The third kappa shape index (κ3) is 4.85. The quantitative estimate of drug-likeness (QED) is 0.595. The minimum Gasteiger partial charge on any atom is -0.407 e. The molecule has 0 radical (unpaired) electrons. The fourth-order valence-electron chi connectivity index (χ4n) is 3.47. The number of ether oxygens (including phenoxy) is 1. The molecule has 1 saturated carbocycles. The minimum absolute atomic E-state index is 0.219. The molecule has 4 rings (SSSR count). The van der Waals surface area contributed by atoms with E-state index in [2.05, 4.69) is 44.6 Å². The molecular weight excluding hydrogens is 406 g/mol. The van der Waals surface area contributed by atoms with Crippen LogP contribution in [-0.4, -0.2) is 34.6 Å². The maximum Gasteiger partial charge on any atom is 0.413 e. The van der Waals surface area contributed by atoms with Crippen molar-refractivity contribution in [3.63, 3.8) is 0 Å². The number of aryl methyl sites for hydroxylation is 1. The van der Waals surface area contributed by atoms with E-state index in [9.17, 15) is 9.59 Å². The van der Waals surface area contributed by atoms with Gasteiger partial charge in [-0.3, -0.25) is 4.79 Å². The molecule has 0 bridgehead atoms. The van der Waals surface area contributed by atoms with Crippen LogP contribution in [0, 0.1) is 6.92 Å². The molecule has 0 spiro atoms. The van der Waals surface area contributed by atoms with E-state index in [1.165, 1.54) is 24.3 Å². The molecule has 3 aromatic rings. The lowest BCUT2D eigenvalue weighted by atomic mass is 10.1. The summed E-state index contributed by atoms with van der Waals surface area (Å²) in [5, 5.41) is 5.58. The van der Waals surface area contributed by atoms with Gasteiger partial charge in [-0.1, -0.05) is 30.3 Å². The molecule has 1 fully saturated rings. The van der Waals surface area contributed by atoms with Crippen LogP contribution >= 0.6 is 0 Å². The summed E-state index contributed by atoms with van der Waals surface area (Å²) in [4.78, 5) is 34.5. The van der Waals surface area contributed by atoms with Gasteiger partial charge in [-0.2, -0.15) is 0 Å². The first-order valence-corrected chi connectivity index (χ1v) is 10.4. The van der Waals surface area contributed by atoms with E-state index in [1.807, 2.05) is 43.4 Å². The second-order valence-electron chi connectivity index (χ2n) is 7.87. The summed E-state index contributed by atoms with van der Waals surface area (Å²) in [6, 6.07) is 16.2. The molecule has 0 aliphatic heterocycles. The molecular formula is C24H25N5O3. The highest BCUT2D eigenvalue weighted by Gasteiger charge is 2.51. The fraction of sp³-hybridized carbons (Fsp3) is 0.250. The van der Waals surface area contributed by atoms with Crippen LogP contribution in [-0.2, 0) is 11.3 Å². The Morgan fingerprint density at radius 2 is 1.75 bits per heavy atom. The average Bonchev–Trinajstić information content (AvgIpc) is 3.59. The van der Waals surface area contributed by atoms with E-state index in [-0.39, 0.29) is 11.7 Å². The van der Waals surface area contributed by atoms with Gasteiger partial charge in [0, 0.05) is 25.0 Å². The number of para-hydroxylation sites is 1. The van der Waals surface area contributed by atoms with Gasteiger partial charge in [0.15, 0.2) is 5.75 Å². The highest BCUT2D eigenvalue weighted by molar-refractivity contribution is 5.93. The summed E-state index contributed by atoms with van der Waals surface area (Å²) in [6.45, 7) is 2.46. The summed E-state index contributed by atoms with van der Waals surface area (Å²) in [5.74, 6) is -0.00294. The van der Waals surface area contributed by atoms with Crippen molar-refractivity contribution in [1.29, 1.82) is 0 Å². The Morgan fingerprint density at radius 3 is 2.41 bits per heavy atom. The van der Waals surface area contributed by atoms with Crippen LogP contribution in [0.1, 0.15) is 24.0 Å². The van der Waals surface area contributed by atoms with Gasteiger partial charge in [-0.25, -0.2) is 14.8 Å². The molecule has 8 nitrogen and oxygen atoms in total. The van der Waals surface area contributed by atoms with E-state index < -0.39 is 11.6 Å². The second-order valence-corrected chi connectivity index (χ2v) is 7.87. The largest absolute Gasteiger partial charge is 0.413 e. The SMILES string of the molecule is Cc1ccccc1N(C)c1ccc(CNC(=O)C2(NC(=O)Oc3cncnc3)CC2)cc1. The number of hydrogen-bond acceptors (Lipinski definition) is 6. The topological polar surface area (TPSA) is 96.5 Å². The zero-order valence-electron chi connectivity index (χ0n) is 18.0. The maximum atomic E-state index is 12.7. The second kappa shape index (κ2) is 9.05. The lowest BCUT2D eigenvalue weighted by Gasteiger charge is -2.22. The molecule has 2 amide bonds. The van der Waals surface area contributed by atoms with Gasteiger partial charge in [-0.15, -0.1) is 0 Å². The summed E-state index contributed by atoms with van der Waals surface area (Å²) in [6.07, 6.45) is 4.54. The zero-order valence-corrected chi connectivity index (χ0v) is 18.0. The van der Waals surface area contributed by atoms with Crippen molar-refractivity contribution in [2.45, 2.75) is 31.8 Å². The molecule has 1 aliphatic rings. The van der Waals surface area contributed by atoms with Crippen LogP contribution in [0.4, 0.5) is 16.2 Å². The molecule has 2 N–H and O–H groups in total. The van der Waals surface area contributed by atoms with Crippen molar-refractivity contribution < 1.29 is 14.3 Å². The average molecular weight is 431 g/mol. The zero-order chi connectivity index (χ0) is 22.6. The number of carbonyl (C=O) groups excluding carboxylic acids is 2. The summed E-state index contributed by atoms with van der Waals surface area (Å²) < 4.78 is 5.12. The highest BCUT2D eigenvalue weighted by atomic mass is 16.6. The van der Waals surface area contributed by atoms with Gasteiger partial charge in [0.25, 0.3) is 0 Å². The predicted octanol–water partition coefficient (Wildman–Crippen LogP) is 3.49. The molecule has 0 atom stereocenters. The lowest BCUT2D eigenvalue weighted by Crippen LogP contribution is -2.49. The number of rotatable bonds is 7. The number of aromatic nitrogens is 2. The molecule has 164 valence electrons. The number of nitrogens with zero attached hydrogens (tertiary/aromatic N) is 3. The number of carbonyl (C=O) groups is 2. The Hall–Kier alpha value is -3.94. The van der Waals surface area contributed by atoms with Gasteiger partial charge in [-0.05, 0) is 49.1 Å². The van der Waals surface area contributed by atoms with Crippen molar-refractivity contribution in [3.05, 3.63) is 78.4 Å². The highest BCUT2D eigenvalue weighted by Crippen LogP contribution is 2.36. The summed E-state index contributed by atoms with van der Waals surface area (Å²) in [7, 11) is 2.03. The van der Waals surface area contributed by atoms with Crippen LogP contribution in [0.3, 0.4) is 0 Å². The monoisotopic (exact) mass is 431 g/mol. The third-order valence-electron chi connectivity index (χ3n) is 5.53. The first-order chi connectivity index (χ1) is 15.5. The summed E-state index contributed by atoms with van der Waals surface area (Å²) >= 11 is 0. The maximum absolute atomic E-state index is 12.7. The number of benzene rings is 2. The number of hydrogen-bond donors (Lipinski definition) is 2. The smallest absolute Gasteiger partial charge is 0.407 e. The number of anilines is 2. The lowest BCUT2D eigenvalue weighted by molar-refractivity contribution is -0.124. The van der Waals surface area contributed by atoms with Crippen molar-refractivity contribution in [2.24, 2.45) is 0 Å². The van der Waals surface area contributed by atoms with Crippen LogP contribution in [0.15, 0.2) is 67.3 Å². The third-order valence-corrected chi connectivity index (χ3v) is 5.53. The van der Waals surface area contributed by atoms with Gasteiger partial charge in [0.1, 0.15) is 11.9 Å². The normalized spacial score (nSPS) is 13.7. The first kappa shape index (κ1) is 21.3. The molecule has 0 saturated heterocycles. The molecule has 1 heterocycles. The van der Waals surface area contributed by atoms with E-state index in [0.29, 0.717) is 19.4 Å². The molecule has 1 aliphatic carbocycles. The predicted molar refractivity (Wildman–Crippen MR) is 121 cm³/mol. The standard InChI is InChI=1S/C24H25N5O3/c1-17-5-3-4-6-21(17)29(2)19-9-7-18(8-10-19)13-27-22(30)24(11-12-24)28-23(31)32-20-14-25-16-26-15-20/h3-10,14-16H,11-13H2,1-2H3,(H,27,30)(H,28,31). The Kier molecular flexibility index (Phi) is 6.02. The van der Waals surface area contributed by atoms with Crippen LogP contribution in [0.2, 0.25) is 0 Å². The van der Waals surface area contributed by atoms with Crippen LogP contribution < -0.4 is 20.3 Å². The number of nitrogens with one attached hydrogen (secondary N) is 2. The molecule has 1 aromatic heterocycles. The Balaban J connectivity index is 1.31. The van der Waals surface area contributed by atoms with Gasteiger partial charge in [0.2, 0.25) is 5.91 Å². The van der Waals surface area contributed by atoms with Crippen molar-refractivity contribution in [1.82, 2.24) is 20.6 Å². The van der Waals surface area contributed by atoms with Gasteiger partial charge in [0.05, 0.1) is 12.4 Å². The Morgan fingerprint density at radius 1 is 1.06 bits per heavy atom. The Labute approximate surface area is 186 Å². The van der Waals surface area contributed by atoms with Crippen molar-refractivity contribution >= 4 is 23.4 Å². The fourth-order valence-corrected chi connectivity index (χ4v) is 3.47. The van der Waals surface area contributed by atoms with Crippen molar-refractivity contribution in [3.8, 4) is 5.75 Å². The Bertz CT molecular complexity index is 1100. The molecule has 0 unspecified atom stereocenters. The van der Waals surface area contributed by atoms with E-state index in [0.717, 1.165) is 16.9 Å². The van der Waals surface area contributed by atoms with E-state index in [4.69, 9.17) is 4.74 Å². The van der Waals surface area contributed by atoms with Crippen LogP contribution in [0.25, 0.3) is 0 Å². The van der Waals surface area contributed by atoms with Gasteiger partial charge >= 0.3 is 6.09 Å². The number of amides is 2. The minimum atomic E-state index is -0.919. The van der Waals surface area contributed by atoms with Crippen LogP contribution in [0.5, 0.6) is 5.75 Å². The first-order valence-electron chi connectivity index (χ1n) is 10.4. The van der Waals surface area contributed by atoms with Gasteiger partial charge < -0.3 is 20.3 Å². The van der Waals surface area contributed by atoms with E-state index >= 15 is 0 Å².